The molecule has 9 heteroatoms. The molecule has 1 saturated heterocycles. The maximum Gasteiger partial charge on any atom is 0.326 e. The van der Waals surface area contributed by atoms with E-state index >= 15 is 0 Å². The van der Waals surface area contributed by atoms with Crippen LogP contribution in [0.25, 0.3) is 0 Å². The van der Waals surface area contributed by atoms with Gasteiger partial charge in [-0.05, 0) is 32.1 Å². The number of hydrogen-bond donors (Lipinski definition) is 3. The second-order valence-corrected chi connectivity index (χ2v) is 6.77. The molecule has 1 aromatic rings. The SMILES string of the molecule is Cc1nc(N2CCOCC2)[nH]c(=O)c1CCC(=O)NC(C(=O)O)C1CC1. The van der Waals surface area contributed by atoms with Crippen LogP contribution in [0.1, 0.15) is 30.5 Å². The standard InChI is InChI=1S/C17H24N4O5/c1-10-12(4-5-13(22)19-14(16(24)25)11-2-3-11)15(23)20-17(18-10)21-6-8-26-9-7-21/h11,14H,2-9H2,1H3,(H,19,22)(H,24,25)(H,18,20,23). The number of amides is 1. The number of nitrogens with zero attached hydrogens (tertiary/aromatic N) is 2. The third-order valence-corrected chi connectivity index (χ3v) is 4.80. The van der Waals surface area contributed by atoms with Crippen LogP contribution in [0, 0.1) is 12.8 Å². The normalized spacial score (nSPS) is 18.4. The van der Waals surface area contributed by atoms with E-state index in [1.165, 1.54) is 0 Å². The van der Waals surface area contributed by atoms with Gasteiger partial charge in [0.2, 0.25) is 11.9 Å². The van der Waals surface area contributed by atoms with Gasteiger partial charge in [-0.25, -0.2) is 9.78 Å². The summed E-state index contributed by atoms with van der Waals surface area (Å²) in [5.74, 6) is -0.827. The van der Waals surface area contributed by atoms with Crippen molar-refractivity contribution in [2.45, 2.75) is 38.6 Å². The van der Waals surface area contributed by atoms with Gasteiger partial charge in [0.25, 0.3) is 5.56 Å². The highest BCUT2D eigenvalue weighted by molar-refractivity contribution is 5.84. The molecule has 1 aromatic heterocycles. The maximum absolute atomic E-state index is 12.4. The van der Waals surface area contributed by atoms with Crippen molar-refractivity contribution in [3.8, 4) is 0 Å². The van der Waals surface area contributed by atoms with Gasteiger partial charge in [0, 0.05) is 30.8 Å². The van der Waals surface area contributed by atoms with Crippen molar-refractivity contribution in [1.29, 1.82) is 0 Å². The predicted octanol–water partition coefficient (Wildman–Crippen LogP) is -0.173. The summed E-state index contributed by atoms with van der Waals surface area (Å²) in [5, 5.41) is 11.7. The second kappa shape index (κ2) is 7.86. The van der Waals surface area contributed by atoms with E-state index in [1.54, 1.807) is 6.92 Å². The number of hydrogen-bond acceptors (Lipinski definition) is 6. The van der Waals surface area contributed by atoms with Crippen LogP contribution in [0.15, 0.2) is 4.79 Å². The van der Waals surface area contributed by atoms with Crippen LogP contribution in [0.2, 0.25) is 0 Å². The summed E-state index contributed by atoms with van der Waals surface area (Å²) in [6.45, 7) is 4.27. The number of carboxylic acids is 1. The first kappa shape index (κ1) is 18.4. The van der Waals surface area contributed by atoms with Gasteiger partial charge in [-0.2, -0.15) is 0 Å². The van der Waals surface area contributed by atoms with Crippen LogP contribution >= 0.6 is 0 Å². The molecular formula is C17H24N4O5. The van der Waals surface area contributed by atoms with E-state index in [-0.39, 0.29) is 30.2 Å². The van der Waals surface area contributed by atoms with Crippen LogP contribution in [0.3, 0.4) is 0 Å². The number of H-pyrrole nitrogens is 1. The van der Waals surface area contributed by atoms with Crippen molar-refractivity contribution in [2.75, 3.05) is 31.2 Å². The molecule has 0 radical (unpaired) electrons. The van der Waals surface area contributed by atoms with Gasteiger partial charge in [-0.15, -0.1) is 0 Å². The number of morpholine rings is 1. The van der Waals surface area contributed by atoms with Gasteiger partial charge in [-0.1, -0.05) is 0 Å². The Hall–Kier alpha value is -2.42. The molecule has 3 N–H and O–H groups in total. The molecule has 1 aliphatic heterocycles. The molecule has 0 spiro atoms. The van der Waals surface area contributed by atoms with Gasteiger partial charge >= 0.3 is 5.97 Å². The first-order valence-corrected chi connectivity index (χ1v) is 8.90. The second-order valence-electron chi connectivity index (χ2n) is 6.77. The van der Waals surface area contributed by atoms with Crippen molar-refractivity contribution in [1.82, 2.24) is 15.3 Å². The molecule has 2 aliphatic rings. The fourth-order valence-electron chi connectivity index (χ4n) is 3.11. The highest BCUT2D eigenvalue weighted by Crippen LogP contribution is 2.32. The average molecular weight is 364 g/mol. The van der Waals surface area contributed by atoms with Gasteiger partial charge in [0.15, 0.2) is 0 Å². The summed E-state index contributed by atoms with van der Waals surface area (Å²) in [6.07, 6.45) is 1.92. The Kier molecular flexibility index (Phi) is 5.55. The zero-order valence-electron chi connectivity index (χ0n) is 14.8. The van der Waals surface area contributed by atoms with Crippen molar-refractivity contribution in [3.63, 3.8) is 0 Å². The number of ether oxygens (including phenoxy) is 1. The molecule has 1 aliphatic carbocycles. The number of aromatic amines is 1. The molecule has 1 saturated carbocycles. The minimum absolute atomic E-state index is 0.0241. The Morgan fingerprint density at radius 3 is 2.65 bits per heavy atom. The molecule has 2 fully saturated rings. The van der Waals surface area contributed by atoms with Crippen LogP contribution in [0.4, 0.5) is 5.95 Å². The number of anilines is 1. The van der Waals surface area contributed by atoms with Gasteiger partial charge in [0.05, 0.1) is 13.2 Å². The number of aromatic nitrogens is 2. The molecule has 0 bridgehead atoms. The number of carbonyl (C=O) groups excluding carboxylic acids is 1. The predicted molar refractivity (Wildman–Crippen MR) is 93.2 cm³/mol. The quantitative estimate of drug-likeness (QED) is 0.613. The van der Waals surface area contributed by atoms with E-state index in [9.17, 15) is 14.4 Å². The maximum atomic E-state index is 12.4. The van der Waals surface area contributed by atoms with Crippen molar-refractivity contribution in [2.24, 2.45) is 5.92 Å². The van der Waals surface area contributed by atoms with Crippen LogP contribution < -0.4 is 15.8 Å². The number of carbonyl (C=O) groups is 2. The number of carboxylic acid groups (broad SMARTS) is 1. The van der Waals surface area contributed by atoms with E-state index < -0.39 is 12.0 Å². The Labute approximate surface area is 150 Å². The number of aliphatic carboxylic acids is 1. The molecule has 26 heavy (non-hydrogen) atoms. The average Bonchev–Trinajstić information content (AvgIpc) is 3.44. The van der Waals surface area contributed by atoms with E-state index in [0.717, 1.165) is 12.8 Å². The zero-order valence-corrected chi connectivity index (χ0v) is 14.8. The van der Waals surface area contributed by atoms with E-state index in [1.807, 2.05) is 4.90 Å². The molecule has 0 aromatic carbocycles. The summed E-state index contributed by atoms with van der Waals surface area (Å²) < 4.78 is 5.29. The lowest BCUT2D eigenvalue weighted by atomic mass is 10.1. The van der Waals surface area contributed by atoms with Crippen LogP contribution in [-0.2, 0) is 20.7 Å². The Balaban J connectivity index is 1.61. The Morgan fingerprint density at radius 2 is 2.08 bits per heavy atom. The van der Waals surface area contributed by atoms with E-state index in [2.05, 4.69) is 15.3 Å². The summed E-state index contributed by atoms with van der Waals surface area (Å²) in [4.78, 5) is 44.8. The highest BCUT2D eigenvalue weighted by Gasteiger charge is 2.37. The monoisotopic (exact) mass is 364 g/mol. The van der Waals surface area contributed by atoms with Crippen molar-refractivity contribution < 1.29 is 19.4 Å². The Morgan fingerprint density at radius 1 is 1.38 bits per heavy atom. The lowest BCUT2D eigenvalue weighted by molar-refractivity contribution is -0.142. The third-order valence-electron chi connectivity index (χ3n) is 4.80. The molecule has 142 valence electrons. The van der Waals surface area contributed by atoms with Crippen LogP contribution in [-0.4, -0.2) is 59.3 Å². The molecule has 2 heterocycles. The molecule has 1 amide bonds. The highest BCUT2D eigenvalue weighted by atomic mass is 16.5. The fourth-order valence-corrected chi connectivity index (χ4v) is 3.11. The van der Waals surface area contributed by atoms with Gasteiger partial charge in [-0.3, -0.25) is 14.6 Å². The van der Waals surface area contributed by atoms with E-state index in [4.69, 9.17) is 9.84 Å². The molecular weight excluding hydrogens is 340 g/mol. The first-order valence-electron chi connectivity index (χ1n) is 8.90. The third kappa shape index (κ3) is 4.40. The molecule has 1 unspecified atom stereocenters. The summed E-state index contributed by atoms with van der Waals surface area (Å²) in [7, 11) is 0. The first-order chi connectivity index (χ1) is 12.5. The van der Waals surface area contributed by atoms with Gasteiger partial charge in [0.1, 0.15) is 6.04 Å². The lowest BCUT2D eigenvalue weighted by Crippen LogP contribution is -2.42. The Bertz CT molecular complexity index is 737. The number of rotatable bonds is 7. The number of aryl methyl sites for hydroxylation is 1. The smallest absolute Gasteiger partial charge is 0.326 e. The largest absolute Gasteiger partial charge is 0.480 e. The summed E-state index contributed by atoms with van der Waals surface area (Å²) in [5.41, 5.74) is 0.777. The minimum Gasteiger partial charge on any atom is -0.480 e. The lowest BCUT2D eigenvalue weighted by Gasteiger charge is -2.27. The van der Waals surface area contributed by atoms with Crippen molar-refractivity contribution >= 4 is 17.8 Å². The van der Waals surface area contributed by atoms with Gasteiger partial charge < -0.3 is 20.1 Å². The fraction of sp³-hybridized carbons (Fsp3) is 0.647. The van der Waals surface area contributed by atoms with Crippen molar-refractivity contribution in [3.05, 3.63) is 21.6 Å². The summed E-state index contributed by atoms with van der Waals surface area (Å²) in [6, 6.07) is -0.830. The topological polar surface area (TPSA) is 125 Å². The van der Waals surface area contributed by atoms with E-state index in [0.29, 0.717) is 43.5 Å². The molecule has 9 nitrogen and oxygen atoms in total. The van der Waals surface area contributed by atoms with Crippen LogP contribution in [0.5, 0.6) is 0 Å². The number of nitrogens with one attached hydrogen (secondary N) is 2. The zero-order chi connectivity index (χ0) is 18.7. The summed E-state index contributed by atoms with van der Waals surface area (Å²) >= 11 is 0. The molecule has 1 atom stereocenters. The molecule has 3 rings (SSSR count). The minimum atomic E-state index is -1.01.